The lowest BCUT2D eigenvalue weighted by atomic mass is 10.3. The Bertz CT molecular complexity index is 319. The standard InChI is InChI=1S/C10H12N2O2.C2H6.2H2/c1-7(13)11-9-3-5-10(6-4-9)12-8(2)14;1-2;;/h3-6H,1-2H3,(H,11,13)(H,12,14);1-2H3;2*1H. The van der Waals surface area contributed by atoms with E-state index in [4.69, 9.17) is 0 Å². The second-order valence-electron chi connectivity index (χ2n) is 2.94. The molecule has 4 heteroatoms. The number of carbonyl (C=O) groups is 2. The van der Waals surface area contributed by atoms with E-state index in [1.165, 1.54) is 13.8 Å². The molecule has 0 saturated heterocycles. The minimum atomic E-state index is -0.114. The highest BCUT2D eigenvalue weighted by atomic mass is 16.2. The normalized spacial score (nSPS) is 8.50. The Morgan fingerprint density at radius 2 is 1.12 bits per heavy atom. The zero-order chi connectivity index (χ0) is 12.6. The van der Waals surface area contributed by atoms with Crippen LogP contribution in [0.2, 0.25) is 0 Å². The monoisotopic (exact) mass is 226 g/mol. The van der Waals surface area contributed by atoms with E-state index in [1.807, 2.05) is 13.8 Å². The van der Waals surface area contributed by atoms with Gasteiger partial charge in [-0.25, -0.2) is 0 Å². The number of hydrogen-bond acceptors (Lipinski definition) is 2. The predicted molar refractivity (Wildman–Crippen MR) is 70.6 cm³/mol. The maximum absolute atomic E-state index is 10.7. The molecule has 0 aliphatic rings. The van der Waals surface area contributed by atoms with Gasteiger partial charge in [0.25, 0.3) is 0 Å². The molecule has 0 spiro atoms. The number of benzene rings is 1. The molecule has 0 fully saturated rings. The summed E-state index contributed by atoms with van der Waals surface area (Å²) in [5.74, 6) is -0.227. The van der Waals surface area contributed by atoms with Crippen molar-refractivity contribution in [3.63, 3.8) is 0 Å². The lowest BCUT2D eigenvalue weighted by Gasteiger charge is -2.04. The van der Waals surface area contributed by atoms with Crippen molar-refractivity contribution in [3.05, 3.63) is 24.3 Å². The predicted octanol–water partition coefficient (Wildman–Crippen LogP) is 3.12. The highest BCUT2D eigenvalue weighted by Crippen LogP contribution is 2.13. The summed E-state index contributed by atoms with van der Waals surface area (Å²) in [5.41, 5.74) is 1.43. The minimum absolute atomic E-state index is 0. The second kappa shape index (κ2) is 7.45. The van der Waals surface area contributed by atoms with Crippen LogP contribution in [0.4, 0.5) is 11.4 Å². The van der Waals surface area contributed by atoms with Crippen molar-refractivity contribution in [2.75, 3.05) is 10.6 Å². The van der Waals surface area contributed by atoms with Crippen molar-refractivity contribution in [2.24, 2.45) is 0 Å². The zero-order valence-electron chi connectivity index (χ0n) is 10.1. The number of anilines is 2. The molecule has 92 valence electrons. The summed E-state index contributed by atoms with van der Waals surface area (Å²) in [6, 6.07) is 6.92. The van der Waals surface area contributed by atoms with Gasteiger partial charge in [0.15, 0.2) is 0 Å². The van der Waals surface area contributed by atoms with Crippen molar-refractivity contribution in [1.29, 1.82) is 0 Å². The molecule has 2 amide bonds. The van der Waals surface area contributed by atoms with Gasteiger partial charge in [-0.1, -0.05) is 13.8 Å². The van der Waals surface area contributed by atoms with Crippen LogP contribution in [0, 0.1) is 0 Å². The Kier molecular flexibility index (Phi) is 6.59. The fourth-order valence-corrected chi connectivity index (χ4v) is 1.04. The molecule has 16 heavy (non-hydrogen) atoms. The molecule has 0 atom stereocenters. The maximum Gasteiger partial charge on any atom is 0.221 e. The van der Waals surface area contributed by atoms with Gasteiger partial charge in [-0.2, -0.15) is 0 Å². The third kappa shape index (κ3) is 5.80. The lowest BCUT2D eigenvalue weighted by molar-refractivity contribution is -0.115. The average molecular weight is 226 g/mol. The maximum atomic E-state index is 10.7. The molecule has 1 rings (SSSR count). The lowest BCUT2D eigenvalue weighted by Crippen LogP contribution is -2.07. The summed E-state index contributed by atoms with van der Waals surface area (Å²) >= 11 is 0. The van der Waals surface area contributed by atoms with Crippen LogP contribution >= 0.6 is 0 Å². The van der Waals surface area contributed by atoms with E-state index in [1.54, 1.807) is 24.3 Å². The van der Waals surface area contributed by atoms with Gasteiger partial charge in [-0.3, -0.25) is 9.59 Å². The Hall–Kier alpha value is -1.84. The van der Waals surface area contributed by atoms with Crippen LogP contribution in [0.15, 0.2) is 24.3 Å². The molecule has 1 aromatic rings. The molecule has 0 aliphatic heterocycles. The quantitative estimate of drug-likeness (QED) is 0.814. The molecule has 4 nitrogen and oxygen atoms in total. The summed E-state index contributed by atoms with van der Waals surface area (Å²) in [6.45, 7) is 6.89. The van der Waals surface area contributed by atoms with Gasteiger partial charge in [-0.05, 0) is 24.3 Å². The SMILES string of the molecule is CC.CC(=O)Nc1ccc(NC(C)=O)cc1.[HH].[HH]. The Balaban J connectivity index is -0.000000534. The van der Waals surface area contributed by atoms with E-state index in [-0.39, 0.29) is 14.7 Å². The van der Waals surface area contributed by atoms with Crippen LogP contribution in [0.25, 0.3) is 0 Å². The fraction of sp³-hybridized carbons (Fsp3) is 0.333. The van der Waals surface area contributed by atoms with Gasteiger partial charge in [0.05, 0.1) is 0 Å². The van der Waals surface area contributed by atoms with Crippen molar-refractivity contribution in [3.8, 4) is 0 Å². The molecule has 1 aromatic carbocycles. The van der Waals surface area contributed by atoms with Gasteiger partial charge in [-0.15, -0.1) is 0 Å². The van der Waals surface area contributed by atoms with Crippen LogP contribution < -0.4 is 10.6 Å². The zero-order valence-corrected chi connectivity index (χ0v) is 10.1. The topological polar surface area (TPSA) is 58.2 Å². The number of nitrogens with one attached hydrogen (secondary N) is 2. The van der Waals surface area contributed by atoms with E-state index < -0.39 is 0 Å². The van der Waals surface area contributed by atoms with E-state index in [0.717, 1.165) is 0 Å². The van der Waals surface area contributed by atoms with Gasteiger partial charge in [0.1, 0.15) is 0 Å². The van der Waals surface area contributed by atoms with Gasteiger partial charge in [0.2, 0.25) is 11.8 Å². The molecule has 2 N–H and O–H groups in total. The molecule has 0 aromatic heterocycles. The fourth-order valence-electron chi connectivity index (χ4n) is 1.04. The third-order valence-corrected chi connectivity index (χ3v) is 1.53. The van der Waals surface area contributed by atoms with Crippen LogP contribution in [0.3, 0.4) is 0 Å². The molecule has 0 bridgehead atoms. The van der Waals surface area contributed by atoms with E-state index in [9.17, 15) is 9.59 Å². The molecule has 0 unspecified atom stereocenters. The largest absolute Gasteiger partial charge is 0.326 e. The van der Waals surface area contributed by atoms with Crippen molar-refractivity contribution in [1.82, 2.24) is 0 Å². The first-order valence-electron chi connectivity index (χ1n) is 5.23. The smallest absolute Gasteiger partial charge is 0.221 e. The third-order valence-electron chi connectivity index (χ3n) is 1.53. The minimum Gasteiger partial charge on any atom is -0.326 e. The van der Waals surface area contributed by atoms with Crippen molar-refractivity contribution in [2.45, 2.75) is 27.7 Å². The van der Waals surface area contributed by atoms with Crippen molar-refractivity contribution < 1.29 is 12.4 Å². The van der Waals surface area contributed by atoms with Crippen LogP contribution in [-0.4, -0.2) is 11.8 Å². The number of carbonyl (C=O) groups excluding carboxylic acids is 2. The Labute approximate surface area is 99.0 Å². The summed E-state index contributed by atoms with van der Waals surface area (Å²) in [5, 5.41) is 5.27. The Morgan fingerprint density at radius 3 is 1.31 bits per heavy atom. The van der Waals surface area contributed by atoms with Crippen LogP contribution in [0.1, 0.15) is 30.5 Å². The number of rotatable bonds is 2. The molecule has 0 heterocycles. The van der Waals surface area contributed by atoms with Gasteiger partial charge >= 0.3 is 0 Å². The highest BCUT2D eigenvalue weighted by molar-refractivity contribution is 5.90. The second-order valence-corrected chi connectivity index (χ2v) is 2.94. The highest BCUT2D eigenvalue weighted by Gasteiger charge is 1.97. The Morgan fingerprint density at radius 1 is 0.875 bits per heavy atom. The summed E-state index contributed by atoms with van der Waals surface area (Å²) < 4.78 is 0. The molecular weight excluding hydrogens is 204 g/mol. The first-order chi connectivity index (χ1) is 7.58. The van der Waals surface area contributed by atoms with E-state index >= 15 is 0 Å². The number of hydrogen-bond donors (Lipinski definition) is 2. The first kappa shape index (κ1) is 14.2. The molecular formula is C12H22N2O2. The summed E-state index contributed by atoms with van der Waals surface area (Å²) in [7, 11) is 0. The van der Waals surface area contributed by atoms with Crippen molar-refractivity contribution >= 4 is 23.2 Å². The number of amides is 2. The summed E-state index contributed by atoms with van der Waals surface area (Å²) in [6.07, 6.45) is 0. The van der Waals surface area contributed by atoms with E-state index in [2.05, 4.69) is 10.6 Å². The molecule has 0 saturated carbocycles. The summed E-state index contributed by atoms with van der Waals surface area (Å²) in [4.78, 5) is 21.4. The van der Waals surface area contributed by atoms with E-state index in [0.29, 0.717) is 11.4 Å². The van der Waals surface area contributed by atoms with Crippen LogP contribution in [0.5, 0.6) is 0 Å². The molecule has 0 radical (unpaired) electrons. The van der Waals surface area contributed by atoms with Gasteiger partial charge < -0.3 is 10.6 Å². The van der Waals surface area contributed by atoms with Gasteiger partial charge in [0, 0.05) is 28.1 Å². The average Bonchev–Trinajstić information content (AvgIpc) is 2.22. The molecule has 0 aliphatic carbocycles. The van der Waals surface area contributed by atoms with Crippen LogP contribution in [-0.2, 0) is 9.59 Å². The first-order valence-corrected chi connectivity index (χ1v) is 5.23.